The number of ether oxygens (including phenoxy) is 2. The van der Waals surface area contributed by atoms with Crippen molar-refractivity contribution in [1.29, 1.82) is 0 Å². The van der Waals surface area contributed by atoms with Crippen LogP contribution in [0.1, 0.15) is 39.9 Å². The Labute approximate surface area is 111 Å². The summed E-state index contributed by atoms with van der Waals surface area (Å²) in [5.41, 5.74) is -0.770. The summed E-state index contributed by atoms with van der Waals surface area (Å²) in [5, 5.41) is 0. The first-order valence-electron chi connectivity index (χ1n) is 6.30. The first-order valence-corrected chi connectivity index (χ1v) is 6.30. The van der Waals surface area contributed by atoms with Crippen molar-refractivity contribution in [3.05, 3.63) is 24.2 Å². The molecule has 1 aliphatic rings. The van der Waals surface area contributed by atoms with Crippen molar-refractivity contribution in [2.45, 2.75) is 45.3 Å². The molecule has 1 aromatic heterocycles. The van der Waals surface area contributed by atoms with Gasteiger partial charge in [-0.05, 0) is 18.6 Å². The Morgan fingerprint density at radius 3 is 2.26 bits per heavy atom. The van der Waals surface area contributed by atoms with Crippen molar-refractivity contribution in [2.75, 3.05) is 0 Å². The summed E-state index contributed by atoms with van der Waals surface area (Å²) in [6, 6.07) is 3.48. The molecule has 0 aromatic carbocycles. The second-order valence-electron chi connectivity index (χ2n) is 5.42. The van der Waals surface area contributed by atoms with Crippen LogP contribution in [-0.4, -0.2) is 17.7 Å². The Morgan fingerprint density at radius 2 is 1.84 bits per heavy atom. The van der Waals surface area contributed by atoms with Crippen LogP contribution in [0.25, 0.3) is 0 Å². The van der Waals surface area contributed by atoms with Crippen LogP contribution in [0.4, 0.5) is 0 Å². The summed E-state index contributed by atoms with van der Waals surface area (Å²) >= 11 is 0. The fourth-order valence-electron chi connectivity index (χ4n) is 2.36. The van der Waals surface area contributed by atoms with E-state index in [-0.39, 0.29) is 0 Å². The number of rotatable bonds is 3. The van der Waals surface area contributed by atoms with E-state index >= 15 is 0 Å². The molecule has 1 saturated heterocycles. The van der Waals surface area contributed by atoms with Gasteiger partial charge in [0.15, 0.2) is 5.92 Å². The monoisotopic (exact) mass is 266 g/mol. The number of furan rings is 1. The average Bonchev–Trinajstić information content (AvgIpc) is 2.79. The second kappa shape index (κ2) is 4.40. The highest BCUT2D eigenvalue weighted by Gasteiger charge is 2.53. The van der Waals surface area contributed by atoms with Crippen LogP contribution in [0.15, 0.2) is 22.8 Å². The van der Waals surface area contributed by atoms with Gasteiger partial charge in [0, 0.05) is 19.3 Å². The molecule has 0 radical (unpaired) electrons. The molecule has 1 aliphatic heterocycles. The molecular weight excluding hydrogens is 248 g/mol. The largest absolute Gasteiger partial charge is 0.469 e. The molecule has 104 valence electrons. The molecule has 0 saturated carbocycles. The Bertz CT molecular complexity index is 468. The highest BCUT2D eigenvalue weighted by molar-refractivity contribution is 5.98. The summed E-state index contributed by atoms with van der Waals surface area (Å²) in [7, 11) is 0. The fourth-order valence-corrected chi connectivity index (χ4v) is 2.36. The normalized spacial score (nSPS) is 22.5. The summed E-state index contributed by atoms with van der Waals surface area (Å²) < 4.78 is 15.7. The minimum absolute atomic E-state index is 0.551. The molecule has 1 atom stereocenters. The van der Waals surface area contributed by atoms with Crippen LogP contribution < -0.4 is 0 Å². The van der Waals surface area contributed by atoms with Gasteiger partial charge in [-0.1, -0.05) is 13.8 Å². The van der Waals surface area contributed by atoms with E-state index < -0.39 is 29.1 Å². The maximum absolute atomic E-state index is 12.2. The summed E-state index contributed by atoms with van der Waals surface area (Å²) in [6.07, 6.45) is 2.07. The summed E-state index contributed by atoms with van der Waals surface area (Å²) in [4.78, 5) is 24.3. The van der Waals surface area contributed by atoms with Gasteiger partial charge in [0.1, 0.15) is 5.76 Å². The number of hydrogen-bond donors (Lipinski definition) is 0. The molecule has 0 bridgehead atoms. The number of carbonyl (C=O) groups excluding carboxylic acids is 2. The first-order chi connectivity index (χ1) is 8.80. The van der Waals surface area contributed by atoms with Crippen LogP contribution in [0.3, 0.4) is 0 Å². The second-order valence-corrected chi connectivity index (χ2v) is 5.42. The molecule has 5 nitrogen and oxygen atoms in total. The molecule has 0 unspecified atom stereocenters. The van der Waals surface area contributed by atoms with Crippen molar-refractivity contribution in [2.24, 2.45) is 5.92 Å². The SMILES string of the molecule is CC[C@@](C)(c1ccco1)C1C(=O)OC(C)(C)OC1=O. The van der Waals surface area contributed by atoms with E-state index in [2.05, 4.69) is 0 Å². The molecule has 0 spiro atoms. The third kappa shape index (κ3) is 2.25. The molecule has 0 N–H and O–H groups in total. The summed E-state index contributed by atoms with van der Waals surface area (Å²) in [6.45, 7) is 6.77. The smallest absolute Gasteiger partial charge is 0.324 e. The Hall–Kier alpha value is -1.78. The van der Waals surface area contributed by atoms with Gasteiger partial charge in [0.05, 0.1) is 6.26 Å². The van der Waals surface area contributed by atoms with Crippen LogP contribution in [0.2, 0.25) is 0 Å². The minimum Gasteiger partial charge on any atom is -0.469 e. The van der Waals surface area contributed by atoms with E-state index in [1.807, 2.05) is 6.92 Å². The Morgan fingerprint density at radius 1 is 1.26 bits per heavy atom. The first kappa shape index (κ1) is 13.6. The van der Waals surface area contributed by atoms with E-state index in [4.69, 9.17) is 13.9 Å². The van der Waals surface area contributed by atoms with Gasteiger partial charge < -0.3 is 13.9 Å². The maximum atomic E-state index is 12.2. The molecule has 1 fully saturated rings. The van der Waals surface area contributed by atoms with Gasteiger partial charge in [-0.15, -0.1) is 0 Å². The molecule has 5 heteroatoms. The van der Waals surface area contributed by atoms with Gasteiger partial charge >= 0.3 is 11.9 Å². The van der Waals surface area contributed by atoms with Crippen LogP contribution >= 0.6 is 0 Å². The minimum atomic E-state index is -1.21. The van der Waals surface area contributed by atoms with Crippen molar-refractivity contribution >= 4 is 11.9 Å². The Kier molecular flexibility index (Phi) is 3.16. The van der Waals surface area contributed by atoms with E-state index in [0.29, 0.717) is 12.2 Å². The van der Waals surface area contributed by atoms with Crippen molar-refractivity contribution in [3.8, 4) is 0 Å². The standard InChI is InChI=1S/C14H18O5/c1-5-14(4,9-7-6-8-17-9)10-11(15)18-13(2,3)19-12(10)16/h6-8,10H,5H2,1-4H3/t14-/m0/s1. The highest BCUT2D eigenvalue weighted by atomic mass is 16.7. The zero-order valence-corrected chi connectivity index (χ0v) is 11.6. The Balaban J connectivity index is 2.39. The average molecular weight is 266 g/mol. The van der Waals surface area contributed by atoms with Crippen molar-refractivity contribution in [1.82, 2.24) is 0 Å². The molecular formula is C14H18O5. The van der Waals surface area contributed by atoms with Crippen LogP contribution in [-0.2, 0) is 24.5 Å². The number of carbonyl (C=O) groups is 2. The topological polar surface area (TPSA) is 65.7 Å². The quantitative estimate of drug-likeness (QED) is 0.621. The lowest BCUT2D eigenvalue weighted by Gasteiger charge is -2.39. The van der Waals surface area contributed by atoms with Crippen molar-refractivity contribution in [3.63, 3.8) is 0 Å². The van der Waals surface area contributed by atoms with Gasteiger partial charge in [0.2, 0.25) is 0 Å². The third-order valence-electron chi connectivity index (χ3n) is 3.62. The highest BCUT2D eigenvalue weighted by Crippen LogP contribution is 2.40. The zero-order valence-electron chi connectivity index (χ0n) is 11.6. The predicted octanol–water partition coefficient (Wildman–Crippen LogP) is 2.40. The number of cyclic esters (lactones) is 2. The molecule has 0 aliphatic carbocycles. The number of esters is 2. The van der Waals surface area contributed by atoms with Gasteiger partial charge in [-0.3, -0.25) is 9.59 Å². The molecule has 2 rings (SSSR count). The molecule has 19 heavy (non-hydrogen) atoms. The van der Waals surface area contributed by atoms with Gasteiger partial charge in [-0.25, -0.2) is 0 Å². The molecule has 0 amide bonds. The van der Waals surface area contributed by atoms with Crippen molar-refractivity contribution < 1.29 is 23.5 Å². The van der Waals surface area contributed by atoms with E-state index in [0.717, 1.165) is 0 Å². The van der Waals surface area contributed by atoms with E-state index in [1.54, 1.807) is 19.1 Å². The van der Waals surface area contributed by atoms with E-state index in [9.17, 15) is 9.59 Å². The maximum Gasteiger partial charge on any atom is 0.324 e. The third-order valence-corrected chi connectivity index (χ3v) is 3.62. The van der Waals surface area contributed by atoms with E-state index in [1.165, 1.54) is 20.1 Å². The fraction of sp³-hybridized carbons (Fsp3) is 0.571. The lowest BCUT2D eigenvalue weighted by Crippen LogP contribution is -2.53. The lowest BCUT2D eigenvalue weighted by atomic mass is 9.72. The van der Waals surface area contributed by atoms with Crippen LogP contribution in [0.5, 0.6) is 0 Å². The zero-order chi connectivity index (χ0) is 14.3. The lowest BCUT2D eigenvalue weighted by molar-refractivity contribution is -0.243. The van der Waals surface area contributed by atoms with Crippen LogP contribution in [0, 0.1) is 5.92 Å². The summed E-state index contributed by atoms with van der Waals surface area (Å²) in [5.74, 6) is -2.77. The molecule has 1 aromatic rings. The predicted molar refractivity (Wildman–Crippen MR) is 66.1 cm³/mol. The molecule has 2 heterocycles. The van der Waals surface area contributed by atoms with Gasteiger partial charge in [-0.2, -0.15) is 0 Å². The number of hydrogen-bond acceptors (Lipinski definition) is 5. The van der Waals surface area contributed by atoms with Gasteiger partial charge in [0.25, 0.3) is 5.79 Å².